The number of halogens is 1. The lowest BCUT2D eigenvalue weighted by Gasteiger charge is -2.31. The van der Waals surface area contributed by atoms with Gasteiger partial charge in [0.15, 0.2) is 11.5 Å². The molecule has 1 atom stereocenters. The number of rotatable bonds is 5. The van der Waals surface area contributed by atoms with Gasteiger partial charge < -0.3 is 24.4 Å². The third-order valence-electron chi connectivity index (χ3n) is 5.50. The molecule has 3 aromatic rings. The number of anilines is 1. The second-order valence-electron chi connectivity index (χ2n) is 7.44. The van der Waals surface area contributed by atoms with E-state index < -0.39 is 6.04 Å². The number of hydrogen-bond acceptors (Lipinski definition) is 5. The minimum Gasteiger partial charge on any atom is -0.493 e. The number of hydrogen-bond donors (Lipinski definition) is 1. The maximum atomic E-state index is 13.9. The van der Waals surface area contributed by atoms with E-state index in [9.17, 15) is 9.59 Å². The van der Waals surface area contributed by atoms with Gasteiger partial charge in [-0.25, -0.2) is 0 Å². The van der Waals surface area contributed by atoms with Gasteiger partial charge in [-0.2, -0.15) is 0 Å². The van der Waals surface area contributed by atoms with Crippen LogP contribution >= 0.6 is 11.6 Å². The van der Waals surface area contributed by atoms with Gasteiger partial charge in [-0.3, -0.25) is 9.59 Å². The summed E-state index contributed by atoms with van der Waals surface area (Å²) >= 11 is 6.31. The number of amides is 2. The molecule has 7 nitrogen and oxygen atoms in total. The number of carbonyl (C=O) groups is 2. The first-order valence-electron chi connectivity index (χ1n) is 10.2. The number of nitrogens with one attached hydrogen (secondary N) is 1. The van der Waals surface area contributed by atoms with Gasteiger partial charge in [0.05, 0.1) is 27.4 Å². The Morgan fingerprint density at radius 3 is 2.24 bits per heavy atom. The van der Waals surface area contributed by atoms with Crippen molar-refractivity contribution in [3.05, 3.63) is 82.4 Å². The number of methoxy groups -OCH3 is 3. The number of carbonyl (C=O) groups excluding carboxylic acids is 2. The molecule has 0 aliphatic carbocycles. The van der Waals surface area contributed by atoms with Gasteiger partial charge in [0.1, 0.15) is 6.54 Å². The summed E-state index contributed by atoms with van der Waals surface area (Å²) < 4.78 is 16.2. The van der Waals surface area contributed by atoms with E-state index in [4.69, 9.17) is 25.8 Å². The van der Waals surface area contributed by atoms with Crippen molar-refractivity contribution in [3.8, 4) is 17.2 Å². The van der Waals surface area contributed by atoms with Crippen molar-refractivity contribution < 1.29 is 23.8 Å². The van der Waals surface area contributed by atoms with Crippen LogP contribution in [0.2, 0.25) is 5.02 Å². The SMILES string of the molecule is COc1cc(C(=O)N2CC(=O)Nc3ccc(Cl)cc3[C@@H]2c2ccccc2)cc(OC)c1OC. The van der Waals surface area contributed by atoms with E-state index in [1.54, 1.807) is 30.3 Å². The molecule has 8 heteroatoms. The van der Waals surface area contributed by atoms with Crippen LogP contribution in [-0.2, 0) is 4.79 Å². The largest absolute Gasteiger partial charge is 0.493 e. The van der Waals surface area contributed by atoms with Crippen LogP contribution in [0.15, 0.2) is 60.7 Å². The summed E-state index contributed by atoms with van der Waals surface area (Å²) in [5.41, 5.74) is 2.47. The van der Waals surface area contributed by atoms with E-state index in [1.807, 2.05) is 30.3 Å². The highest BCUT2D eigenvalue weighted by Crippen LogP contribution is 2.41. The first-order chi connectivity index (χ1) is 16.0. The van der Waals surface area contributed by atoms with Crippen molar-refractivity contribution in [2.24, 2.45) is 0 Å². The number of benzene rings is 3. The van der Waals surface area contributed by atoms with Gasteiger partial charge in [0.25, 0.3) is 5.91 Å². The first kappa shape index (κ1) is 22.5. The van der Waals surface area contributed by atoms with Gasteiger partial charge >= 0.3 is 0 Å². The monoisotopic (exact) mass is 466 g/mol. The molecule has 170 valence electrons. The van der Waals surface area contributed by atoms with Crippen LogP contribution in [0.3, 0.4) is 0 Å². The van der Waals surface area contributed by atoms with Crippen LogP contribution in [0.25, 0.3) is 0 Å². The highest BCUT2D eigenvalue weighted by molar-refractivity contribution is 6.30. The molecule has 1 aliphatic rings. The van der Waals surface area contributed by atoms with Crippen LogP contribution in [0, 0.1) is 0 Å². The Bertz CT molecular complexity index is 1170. The predicted octanol–water partition coefficient (Wildman–Crippen LogP) is 4.55. The van der Waals surface area contributed by atoms with Crippen molar-refractivity contribution in [1.29, 1.82) is 0 Å². The maximum Gasteiger partial charge on any atom is 0.255 e. The summed E-state index contributed by atoms with van der Waals surface area (Å²) in [5, 5.41) is 3.39. The molecular formula is C25H23ClN2O5. The molecule has 0 fully saturated rings. The molecule has 1 N–H and O–H groups in total. The fourth-order valence-electron chi connectivity index (χ4n) is 4.03. The normalized spacial score (nSPS) is 15.2. The minimum atomic E-state index is -0.551. The van der Waals surface area contributed by atoms with Crippen LogP contribution in [0.1, 0.15) is 27.5 Å². The van der Waals surface area contributed by atoms with Crippen molar-refractivity contribution in [2.45, 2.75) is 6.04 Å². The number of fused-ring (bicyclic) bond motifs is 1. The minimum absolute atomic E-state index is 0.151. The second-order valence-corrected chi connectivity index (χ2v) is 7.88. The molecule has 4 rings (SSSR count). The molecule has 0 saturated heterocycles. The Hall–Kier alpha value is -3.71. The van der Waals surface area contributed by atoms with Crippen LogP contribution in [0.4, 0.5) is 5.69 Å². The van der Waals surface area contributed by atoms with Crippen LogP contribution < -0.4 is 19.5 Å². The molecule has 3 aromatic carbocycles. The maximum absolute atomic E-state index is 13.9. The van der Waals surface area contributed by atoms with Crippen LogP contribution in [0.5, 0.6) is 17.2 Å². The van der Waals surface area contributed by atoms with Crippen molar-refractivity contribution in [3.63, 3.8) is 0 Å². The predicted molar refractivity (Wildman–Crippen MR) is 126 cm³/mol. The molecule has 0 bridgehead atoms. The average Bonchev–Trinajstić information content (AvgIpc) is 2.98. The van der Waals surface area contributed by atoms with E-state index in [1.165, 1.54) is 26.2 Å². The molecule has 1 heterocycles. The molecule has 0 spiro atoms. The zero-order chi connectivity index (χ0) is 23.5. The summed E-state index contributed by atoms with van der Waals surface area (Å²) in [5.74, 6) is 0.393. The van der Waals surface area contributed by atoms with E-state index in [0.717, 1.165) is 11.1 Å². The summed E-state index contributed by atoms with van der Waals surface area (Å²) in [6.45, 7) is -0.151. The fourth-order valence-corrected chi connectivity index (χ4v) is 4.21. The van der Waals surface area contributed by atoms with Gasteiger partial charge in [0.2, 0.25) is 11.7 Å². The van der Waals surface area contributed by atoms with Gasteiger partial charge in [-0.1, -0.05) is 41.9 Å². The molecule has 0 unspecified atom stereocenters. The zero-order valence-corrected chi connectivity index (χ0v) is 19.2. The van der Waals surface area contributed by atoms with E-state index in [0.29, 0.717) is 33.5 Å². The fraction of sp³-hybridized carbons (Fsp3) is 0.200. The Kier molecular flexibility index (Phi) is 6.42. The average molecular weight is 467 g/mol. The Morgan fingerprint density at radius 1 is 0.970 bits per heavy atom. The summed E-state index contributed by atoms with van der Waals surface area (Å²) in [4.78, 5) is 28.2. The first-order valence-corrected chi connectivity index (χ1v) is 10.6. The van der Waals surface area contributed by atoms with Crippen molar-refractivity contribution >= 4 is 29.1 Å². The quantitative estimate of drug-likeness (QED) is 0.597. The van der Waals surface area contributed by atoms with Gasteiger partial charge in [-0.05, 0) is 35.9 Å². The summed E-state index contributed by atoms with van der Waals surface area (Å²) in [7, 11) is 4.46. The third kappa shape index (κ3) is 4.32. The smallest absolute Gasteiger partial charge is 0.255 e. The molecule has 33 heavy (non-hydrogen) atoms. The lowest BCUT2D eigenvalue weighted by molar-refractivity contribution is -0.117. The van der Waals surface area contributed by atoms with Crippen molar-refractivity contribution in [2.75, 3.05) is 33.2 Å². The summed E-state index contributed by atoms with van der Waals surface area (Å²) in [6, 6.07) is 17.3. The molecule has 0 saturated carbocycles. The summed E-state index contributed by atoms with van der Waals surface area (Å²) in [6.07, 6.45) is 0. The van der Waals surface area contributed by atoms with E-state index in [-0.39, 0.29) is 18.4 Å². The van der Waals surface area contributed by atoms with E-state index in [2.05, 4.69) is 5.32 Å². The zero-order valence-electron chi connectivity index (χ0n) is 18.4. The number of ether oxygens (including phenoxy) is 3. The highest BCUT2D eigenvalue weighted by atomic mass is 35.5. The lowest BCUT2D eigenvalue weighted by atomic mass is 9.95. The Labute approximate surface area is 196 Å². The molecule has 1 aliphatic heterocycles. The molecule has 0 radical (unpaired) electrons. The standard InChI is InChI=1S/C25H23ClN2O5/c1-31-20-11-16(12-21(32-2)24(20)33-3)25(30)28-14-22(29)27-19-10-9-17(26)13-18(19)23(28)15-7-5-4-6-8-15/h4-13,23H,14H2,1-3H3,(H,27,29)/t23-/m0/s1. The van der Waals surface area contributed by atoms with Crippen LogP contribution in [-0.4, -0.2) is 44.6 Å². The molecular weight excluding hydrogens is 444 g/mol. The third-order valence-corrected chi connectivity index (χ3v) is 5.73. The topological polar surface area (TPSA) is 77.1 Å². The van der Waals surface area contributed by atoms with Gasteiger partial charge in [0, 0.05) is 21.8 Å². The highest BCUT2D eigenvalue weighted by Gasteiger charge is 2.34. The second kappa shape index (κ2) is 9.42. The van der Waals surface area contributed by atoms with Crippen molar-refractivity contribution in [1.82, 2.24) is 4.90 Å². The lowest BCUT2D eigenvalue weighted by Crippen LogP contribution is -2.39. The molecule has 2 amide bonds. The number of nitrogens with zero attached hydrogens (tertiary/aromatic N) is 1. The van der Waals surface area contributed by atoms with E-state index >= 15 is 0 Å². The Morgan fingerprint density at radius 2 is 1.64 bits per heavy atom. The Balaban J connectivity index is 1.89. The molecule has 0 aromatic heterocycles. The van der Waals surface area contributed by atoms with Gasteiger partial charge in [-0.15, -0.1) is 0 Å².